The van der Waals surface area contributed by atoms with E-state index in [1.807, 2.05) is 23.9 Å². The lowest BCUT2D eigenvalue weighted by Crippen LogP contribution is -2.11. The Morgan fingerprint density at radius 2 is 2.24 bits per heavy atom. The van der Waals surface area contributed by atoms with Gasteiger partial charge in [-0.05, 0) is 37.0 Å². The van der Waals surface area contributed by atoms with Gasteiger partial charge in [-0.25, -0.2) is 4.98 Å². The molecule has 1 heterocycles. The van der Waals surface area contributed by atoms with Gasteiger partial charge in [0.1, 0.15) is 17.1 Å². The smallest absolute Gasteiger partial charge is 0.146 e. The molecule has 0 aliphatic heterocycles. The van der Waals surface area contributed by atoms with Crippen molar-refractivity contribution in [3.8, 4) is 5.75 Å². The summed E-state index contributed by atoms with van der Waals surface area (Å²) in [4.78, 5) is 4.77. The number of rotatable bonds is 8. The minimum absolute atomic E-state index is 0.416. The number of aromatic nitrogens is 2. The molecule has 116 valence electrons. The van der Waals surface area contributed by atoms with Crippen molar-refractivity contribution in [3.05, 3.63) is 24.0 Å². The lowest BCUT2D eigenvalue weighted by atomic mass is 10.2. The molecule has 3 nitrogen and oxygen atoms in total. The standard InChI is InChI=1S/C16H23ClN2OS/c1-4-21-11-9-12(2)19-13-6-5-7-14(20-3)16(13)18-15(19)8-10-17/h5-7,12H,4,8-11H2,1-3H3. The monoisotopic (exact) mass is 326 g/mol. The Morgan fingerprint density at radius 3 is 2.90 bits per heavy atom. The first-order chi connectivity index (χ1) is 10.2. The zero-order valence-corrected chi connectivity index (χ0v) is 14.5. The number of fused-ring (bicyclic) bond motifs is 1. The van der Waals surface area contributed by atoms with Crippen LogP contribution in [0, 0.1) is 0 Å². The van der Waals surface area contributed by atoms with Crippen molar-refractivity contribution in [3.63, 3.8) is 0 Å². The molecule has 1 aromatic carbocycles. The van der Waals surface area contributed by atoms with Gasteiger partial charge in [0.2, 0.25) is 0 Å². The average Bonchev–Trinajstić information content (AvgIpc) is 2.85. The summed E-state index contributed by atoms with van der Waals surface area (Å²) in [6.07, 6.45) is 1.92. The predicted molar refractivity (Wildman–Crippen MR) is 93.0 cm³/mol. The largest absolute Gasteiger partial charge is 0.494 e. The Bertz CT molecular complexity index is 585. The van der Waals surface area contributed by atoms with Crippen molar-refractivity contribution in [1.29, 1.82) is 0 Å². The molecule has 21 heavy (non-hydrogen) atoms. The molecule has 0 spiro atoms. The highest BCUT2D eigenvalue weighted by Crippen LogP contribution is 2.30. The second-order valence-electron chi connectivity index (χ2n) is 5.00. The topological polar surface area (TPSA) is 27.1 Å². The number of halogens is 1. The van der Waals surface area contributed by atoms with E-state index in [4.69, 9.17) is 21.3 Å². The van der Waals surface area contributed by atoms with E-state index in [1.165, 1.54) is 11.5 Å². The quantitative estimate of drug-likeness (QED) is 0.526. The van der Waals surface area contributed by atoms with E-state index in [0.29, 0.717) is 11.9 Å². The third-order valence-corrected chi connectivity index (χ3v) is 4.74. The SMILES string of the molecule is CCSCCC(C)n1c(CCCl)nc2c(OC)cccc21. The predicted octanol–water partition coefficient (Wildman–Crippen LogP) is 4.53. The summed E-state index contributed by atoms with van der Waals surface area (Å²) < 4.78 is 7.77. The van der Waals surface area contributed by atoms with E-state index in [2.05, 4.69) is 24.5 Å². The fourth-order valence-electron chi connectivity index (χ4n) is 2.58. The number of ether oxygens (including phenoxy) is 1. The lowest BCUT2D eigenvalue weighted by Gasteiger charge is -2.17. The minimum atomic E-state index is 0.416. The molecule has 0 aliphatic carbocycles. The Labute approximate surface area is 136 Å². The number of benzene rings is 1. The van der Waals surface area contributed by atoms with Crippen LogP contribution >= 0.6 is 23.4 Å². The van der Waals surface area contributed by atoms with Crippen molar-refractivity contribution in [1.82, 2.24) is 9.55 Å². The summed E-state index contributed by atoms with van der Waals surface area (Å²) in [5.74, 6) is 4.80. The van der Waals surface area contributed by atoms with Gasteiger partial charge in [0, 0.05) is 18.3 Å². The summed E-state index contributed by atoms with van der Waals surface area (Å²) in [6.45, 7) is 4.46. The van der Waals surface area contributed by atoms with E-state index in [-0.39, 0.29) is 0 Å². The van der Waals surface area contributed by atoms with Crippen LogP contribution in [0.2, 0.25) is 0 Å². The van der Waals surface area contributed by atoms with E-state index >= 15 is 0 Å². The molecular weight excluding hydrogens is 304 g/mol. The Balaban J connectivity index is 2.41. The Morgan fingerprint density at radius 1 is 1.43 bits per heavy atom. The van der Waals surface area contributed by atoms with Crippen LogP contribution < -0.4 is 4.74 Å². The van der Waals surface area contributed by atoms with Crippen LogP contribution in [0.1, 0.15) is 32.1 Å². The zero-order valence-electron chi connectivity index (χ0n) is 12.9. The molecule has 0 N–H and O–H groups in total. The first kappa shape index (κ1) is 16.5. The molecular formula is C16H23ClN2OS. The van der Waals surface area contributed by atoms with Gasteiger partial charge in [0.15, 0.2) is 0 Å². The number of alkyl halides is 1. The van der Waals surface area contributed by atoms with Crippen LogP contribution in [0.25, 0.3) is 11.0 Å². The average molecular weight is 327 g/mol. The van der Waals surface area contributed by atoms with Crippen LogP contribution in [0.4, 0.5) is 0 Å². The van der Waals surface area contributed by atoms with Crippen molar-refractivity contribution < 1.29 is 4.74 Å². The highest BCUT2D eigenvalue weighted by molar-refractivity contribution is 7.99. The first-order valence-electron chi connectivity index (χ1n) is 7.40. The van der Waals surface area contributed by atoms with Gasteiger partial charge >= 0.3 is 0 Å². The number of aryl methyl sites for hydroxylation is 1. The van der Waals surface area contributed by atoms with Crippen LogP contribution in [0.5, 0.6) is 5.75 Å². The van der Waals surface area contributed by atoms with Crippen molar-refractivity contribution >= 4 is 34.4 Å². The molecule has 0 saturated heterocycles. The summed E-state index contributed by atoms with van der Waals surface area (Å²) in [5.41, 5.74) is 2.08. The van der Waals surface area contributed by atoms with Gasteiger partial charge in [-0.1, -0.05) is 13.0 Å². The van der Waals surface area contributed by atoms with Crippen molar-refractivity contribution in [2.75, 3.05) is 24.5 Å². The van der Waals surface area contributed by atoms with Gasteiger partial charge in [-0.2, -0.15) is 11.8 Å². The summed E-state index contributed by atoms with van der Waals surface area (Å²) in [7, 11) is 1.69. The fraction of sp³-hybridized carbons (Fsp3) is 0.562. The molecule has 0 amide bonds. The second kappa shape index (κ2) is 7.95. The molecule has 1 aromatic heterocycles. The highest BCUT2D eigenvalue weighted by atomic mass is 35.5. The van der Waals surface area contributed by atoms with Gasteiger partial charge < -0.3 is 9.30 Å². The number of methoxy groups -OCH3 is 1. The maximum Gasteiger partial charge on any atom is 0.146 e. The fourth-order valence-corrected chi connectivity index (χ4v) is 3.55. The number of hydrogen-bond acceptors (Lipinski definition) is 3. The highest BCUT2D eigenvalue weighted by Gasteiger charge is 2.17. The van der Waals surface area contributed by atoms with E-state index in [9.17, 15) is 0 Å². The van der Waals surface area contributed by atoms with Gasteiger partial charge in [-0.3, -0.25) is 0 Å². The molecule has 1 atom stereocenters. The number of para-hydroxylation sites is 1. The number of thioether (sulfide) groups is 1. The van der Waals surface area contributed by atoms with Gasteiger partial charge in [0.05, 0.1) is 12.6 Å². The van der Waals surface area contributed by atoms with E-state index in [1.54, 1.807) is 7.11 Å². The molecule has 2 rings (SSSR count). The molecule has 0 bridgehead atoms. The first-order valence-corrected chi connectivity index (χ1v) is 9.09. The molecule has 0 fully saturated rings. The minimum Gasteiger partial charge on any atom is -0.494 e. The second-order valence-corrected chi connectivity index (χ2v) is 6.77. The molecule has 1 unspecified atom stereocenters. The van der Waals surface area contributed by atoms with Gasteiger partial charge in [-0.15, -0.1) is 11.6 Å². The zero-order chi connectivity index (χ0) is 15.2. The molecule has 5 heteroatoms. The van der Waals surface area contributed by atoms with Crippen LogP contribution in [-0.2, 0) is 6.42 Å². The maximum absolute atomic E-state index is 5.95. The van der Waals surface area contributed by atoms with Crippen LogP contribution in [0.15, 0.2) is 18.2 Å². The Hall–Kier alpha value is -0.870. The summed E-state index contributed by atoms with van der Waals surface area (Å²) in [5, 5.41) is 0. The number of hydrogen-bond donors (Lipinski definition) is 0. The van der Waals surface area contributed by atoms with Crippen molar-refractivity contribution in [2.45, 2.75) is 32.7 Å². The number of imidazole rings is 1. The molecule has 0 aliphatic rings. The number of nitrogens with zero attached hydrogens (tertiary/aromatic N) is 2. The molecule has 0 saturated carbocycles. The summed E-state index contributed by atoms with van der Waals surface area (Å²) in [6, 6.07) is 6.52. The third kappa shape index (κ3) is 3.67. The van der Waals surface area contributed by atoms with E-state index < -0.39 is 0 Å². The van der Waals surface area contributed by atoms with Crippen LogP contribution in [0.3, 0.4) is 0 Å². The normalized spacial score (nSPS) is 12.8. The molecule has 2 aromatic rings. The Kier molecular flexibility index (Phi) is 6.24. The van der Waals surface area contributed by atoms with Gasteiger partial charge in [0.25, 0.3) is 0 Å². The summed E-state index contributed by atoms with van der Waals surface area (Å²) >= 11 is 7.93. The molecule has 0 radical (unpaired) electrons. The lowest BCUT2D eigenvalue weighted by molar-refractivity contribution is 0.419. The van der Waals surface area contributed by atoms with Crippen LogP contribution in [-0.4, -0.2) is 34.0 Å². The van der Waals surface area contributed by atoms with E-state index in [0.717, 1.165) is 35.4 Å². The third-order valence-electron chi connectivity index (χ3n) is 3.62. The maximum atomic E-state index is 5.95. The van der Waals surface area contributed by atoms with Crippen molar-refractivity contribution in [2.24, 2.45) is 0 Å².